The molecule has 86 valence electrons. The van der Waals surface area contributed by atoms with Gasteiger partial charge in [0.15, 0.2) is 0 Å². The van der Waals surface area contributed by atoms with Crippen molar-refractivity contribution < 1.29 is 14.7 Å². The van der Waals surface area contributed by atoms with Gasteiger partial charge in [0, 0.05) is 6.42 Å². The van der Waals surface area contributed by atoms with Gasteiger partial charge in [-0.3, -0.25) is 10.2 Å². The third kappa shape index (κ3) is 3.58. The summed E-state index contributed by atoms with van der Waals surface area (Å²) in [5.74, 6) is 4.41. The molecule has 0 radical (unpaired) electrons. The van der Waals surface area contributed by atoms with E-state index in [2.05, 4.69) is 5.32 Å². The second-order valence-corrected chi connectivity index (χ2v) is 3.20. The average molecular weight is 223 g/mol. The molecule has 0 saturated carbocycles. The monoisotopic (exact) mass is 223 g/mol. The van der Waals surface area contributed by atoms with E-state index in [0.717, 1.165) is 5.56 Å². The Labute approximate surface area is 92.4 Å². The van der Waals surface area contributed by atoms with Gasteiger partial charge < -0.3 is 10.4 Å². The number of benzene rings is 1. The number of nitrogens with one attached hydrogen (secondary N) is 2. The van der Waals surface area contributed by atoms with E-state index in [4.69, 9.17) is 10.9 Å². The van der Waals surface area contributed by atoms with Gasteiger partial charge in [-0.15, -0.1) is 0 Å². The summed E-state index contributed by atoms with van der Waals surface area (Å²) in [6.45, 7) is 0. The SMILES string of the molecule is NNC(=O)C(Cc1ccccc1)NC(=O)O. The fourth-order valence-electron chi connectivity index (χ4n) is 1.31. The molecule has 6 heteroatoms. The van der Waals surface area contributed by atoms with Gasteiger partial charge in [0.1, 0.15) is 6.04 Å². The smallest absolute Gasteiger partial charge is 0.405 e. The number of carboxylic acid groups (broad SMARTS) is 1. The molecule has 1 aromatic rings. The van der Waals surface area contributed by atoms with Crippen LogP contribution in [-0.2, 0) is 11.2 Å². The van der Waals surface area contributed by atoms with Gasteiger partial charge in [-0.2, -0.15) is 0 Å². The molecule has 2 amide bonds. The van der Waals surface area contributed by atoms with Crippen LogP contribution in [0.25, 0.3) is 0 Å². The normalized spacial score (nSPS) is 11.6. The molecule has 0 aliphatic rings. The van der Waals surface area contributed by atoms with Crippen molar-refractivity contribution in [1.82, 2.24) is 10.7 Å². The summed E-state index contributed by atoms with van der Waals surface area (Å²) in [4.78, 5) is 21.8. The topological polar surface area (TPSA) is 104 Å². The van der Waals surface area contributed by atoms with E-state index in [1.54, 1.807) is 12.1 Å². The van der Waals surface area contributed by atoms with E-state index in [9.17, 15) is 9.59 Å². The first-order valence-corrected chi connectivity index (χ1v) is 4.67. The van der Waals surface area contributed by atoms with Crippen LogP contribution in [0.2, 0.25) is 0 Å². The largest absolute Gasteiger partial charge is 0.465 e. The van der Waals surface area contributed by atoms with Crippen LogP contribution >= 0.6 is 0 Å². The molecule has 0 aliphatic heterocycles. The van der Waals surface area contributed by atoms with Crippen molar-refractivity contribution in [1.29, 1.82) is 0 Å². The third-order valence-electron chi connectivity index (χ3n) is 2.04. The number of nitrogens with two attached hydrogens (primary N) is 1. The van der Waals surface area contributed by atoms with Crippen molar-refractivity contribution in [2.24, 2.45) is 5.84 Å². The summed E-state index contributed by atoms with van der Waals surface area (Å²) in [5, 5.41) is 10.7. The molecule has 1 rings (SSSR count). The minimum absolute atomic E-state index is 0.260. The molecular weight excluding hydrogens is 210 g/mol. The molecular formula is C10H13N3O3. The van der Waals surface area contributed by atoms with Crippen molar-refractivity contribution in [2.75, 3.05) is 0 Å². The fraction of sp³-hybridized carbons (Fsp3) is 0.200. The lowest BCUT2D eigenvalue weighted by Gasteiger charge is -2.14. The van der Waals surface area contributed by atoms with Crippen LogP contribution < -0.4 is 16.6 Å². The van der Waals surface area contributed by atoms with Crippen molar-refractivity contribution in [3.8, 4) is 0 Å². The maximum Gasteiger partial charge on any atom is 0.405 e. The number of carbonyl (C=O) groups is 2. The van der Waals surface area contributed by atoms with Crippen molar-refractivity contribution in [2.45, 2.75) is 12.5 Å². The number of hydrogen-bond acceptors (Lipinski definition) is 3. The van der Waals surface area contributed by atoms with Crippen LogP contribution in [-0.4, -0.2) is 23.1 Å². The van der Waals surface area contributed by atoms with Crippen LogP contribution in [0.5, 0.6) is 0 Å². The summed E-state index contributed by atoms with van der Waals surface area (Å²) in [6.07, 6.45) is -1.000. The van der Waals surface area contributed by atoms with Crippen molar-refractivity contribution in [3.63, 3.8) is 0 Å². The number of hydrazine groups is 1. The molecule has 6 nitrogen and oxygen atoms in total. The lowest BCUT2D eigenvalue weighted by atomic mass is 10.1. The summed E-state index contributed by atoms with van der Waals surface area (Å²) in [7, 11) is 0. The minimum atomic E-state index is -1.26. The van der Waals surface area contributed by atoms with Gasteiger partial charge in [0.25, 0.3) is 5.91 Å². The van der Waals surface area contributed by atoms with Crippen LogP contribution in [0.15, 0.2) is 30.3 Å². The van der Waals surface area contributed by atoms with Gasteiger partial charge >= 0.3 is 6.09 Å². The minimum Gasteiger partial charge on any atom is -0.465 e. The molecule has 5 N–H and O–H groups in total. The Balaban J connectivity index is 2.70. The molecule has 1 atom stereocenters. The van der Waals surface area contributed by atoms with E-state index in [1.807, 2.05) is 23.6 Å². The Hall–Kier alpha value is -2.08. The summed E-state index contributed by atoms with van der Waals surface area (Å²) < 4.78 is 0. The number of carbonyl (C=O) groups excluding carboxylic acids is 1. The highest BCUT2D eigenvalue weighted by Gasteiger charge is 2.19. The molecule has 0 aromatic heterocycles. The standard InChI is InChI=1S/C10H13N3O3/c11-13-9(14)8(12-10(15)16)6-7-4-2-1-3-5-7/h1-5,8,12H,6,11H2,(H,13,14)(H,15,16). The molecule has 1 unspecified atom stereocenters. The molecule has 0 saturated heterocycles. The zero-order valence-electron chi connectivity index (χ0n) is 8.51. The lowest BCUT2D eigenvalue weighted by molar-refractivity contribution is -0.123. The third-order valence-corrected chi connectivity index (χ3v) is 2.04. The van der Waals surface area contributed by atoms with Crippen LogP contribution in [0.3, 0.4) is 0 Å². The van der Waals surface area contributed by atoms with Crippen molar-refractivity contribution in [3.05, 3.63) is 35.9 Å². The predicted octanol–water partition coefficient (Wildman–Crippen LogP) is -0.145. The van der Waals surface area contributed by atoms with Crippen molar-refractivity contribution >= 4 is 12.0 Å². The highest BCUT2D eigenvalue weighted by molar-refractivity contribution is 5.85. The quantitative estimate of drug-likeness (QED) is 0.324. The van der Waals surface area contributed by atoms with E-state index in [-0.39, 0.29) is 6.42 Å². The highest BCUT2D eigenvalue weighted by Crippen LogP contribution is 2.03. The van der Waals surface area contributed by atoms with Gasteiger partial charge in [0.2, 0.25) is 0 Å². The van der Waals surface area contributed by atoms with Crippen LogP contribution in [0.4, 0.5) is 4.79 Å². The van der Waals surface area contributed by atoms with E-state index in [1.165, 1.54) is 0 Å². The average Bonchev–Trinajstić information content (AvgIpc) is 2.28. The molecule has 0 fully saturated rings. The second kappa shape index (κ2) is 5.72. The molecule has 0 spiro atoms. The molecule has 0 heterocycles. The highest BCUT2D eigenvalue weighted by atomic mass is 16.4. The Morgan fingerprint density at radius 2 is 1.94 bits per heavy atom. The van der Waals surface area contributed by atoms with E-state index in [0.29, 0.717) is 0 Å². The Morgan fingerprint density at radius 1 is 1.31 bits per heavy atom. The molecule has 1 aromatic carbocycles. The summed E-state index contributed by atoms with van der Waals surface area (Å²) >= 11 is 0. The number of hydrogen-bond donors (Lipinski definition) is 4. The van der Waals surface area contributed by atoms with Gasteiger partial charge in [0.05, 0.1) is 0 Å². The predicted molar refractivity (Wildman–Crippen MR) is 57.4 cm³/mol. The molecule has 0 aliphatic carbocycles. The first-order valence-electron chi connectivity index (χ1n) is 4.67. The zero-order chi connectivity index (χ0) is 12.0. The van der Waals surface area contributed by atoms with Gasteiger partial charge in [-0.1, -0.05) is 30.3 Å². The Bertz CT molecular complexity index is 367. The van der Waals surface area contributed by atoms with E-state index < -0.39 is 18.0 Å². The summed E-state index contributed by atoms with van der Waals surface area (Å²) in [6, 6.07) is 8.19. The first kappa shape index (κ1) is 12.0. The number of amides is 2. The second-order valence-electron chi connectivity index (χ2n) is 3.20. The Kier molecular flexibility index (Phi) is 4.28. The maximum atomic E-state index is 11.3. The molecule has 0 bridgehead atoms. The maximum absolute atomic E-state index is 11.3. The fourth-order valence-corrected chi connectivity index (χ4v) is 1.31. The van der Waals surface area contributed by atoms with Gasteiger partial charge in [-0.25, -0.2) is 10.6 Å². The molecule has 16 heavy (non-hydrogen) atoms. The van der Waals surface area contributed by atoms with E-state index >= 15 is 0 Å². The van der Waals surface area contributed by atoms with Crippen LogP contribution in [0, 0.1) is 0 Å². The van der Waals surface area contributed by atoms with Crippen LogP contribution in [0.1, 0.15) is 5.56 Å². The first-order chi connectivity index (χ1) is 7.63. The van der Waals surface area contributed by atoms with Gasteiger partial charge in [-0.05, 0) is 5.56 Å². The summed E-state index contributed by atoms with van der Waals surface area (Å²) in [5.41, 5.74) is 2.78. The number of rotatable bonds is 4. The Morgan fingerprint density at radius 3 is 2.44 bits per heavy atom. The zero-order valence-corrected chi connectivity index (χ0v) is 8.51. The lowest BCUT2D eigenvalue weighted by Crippen LogP contribution is -2.49.